The van der Waals surface area contributed by atoms with Gasteiger partial charge in [0.15, 0.2) is 0 Å². The Labute approximate surface area is 93.6 Å². The molecule has 1 aromatic rings. The third kappa shape index (κ3) is 3.83. The molecular weight excluding hydrogens is 206 g/mol. The summed E-state index contributed by atoms with van der Waals surface area (Å²) < 4.78 is 5.16. The summed E-state index contributed by atoms with van der Waals surface area (Å²) in [7, 11) is 1.61. The van der Waals surface area contributed by atoms with Crippen molar-refractivity contribution in [1.82, 2.24) is 5.43 Å². The molecule has 84 valence electrons. The van der Waals surface area contributed by atoms with Crippen molar-refractivity contribution < 1.29 is 9.53 Å². The van der Waals surface area contributed by atoms with E-state index in [-0.39, 0.29) is 0 Å². The predicted molar refractivity (Wildman–Crippen MR) is 63.2 cm³/mol. The molecule has 0 fully saturated rings. The van der Waals surface area contributed by atoms with Crippen molar-refractivity contribution in [2.75, 3.05) is 7.11 Å². The Morgan fingerprint density at radius 1 is 1.50 bits per heavy atom. The molecule has 0 unspecified atom stereocenters. The van der Waals surface area contributed by atoms with Crippen LogP contribution in [0.4, 0.5) is 4.79 Å². The van der Waals surface area contributed by atoms with E-state index in [0.717, 1.165) is 11.3 Å². The van der Waals surface area contributed by atoms with E-state index in [1.54, 1.807) is 13.2 Å². The number of benzene rings is 1. The lowest BCUT2D eigenvalue weighted by Crippen LogP contribution is -2.24. The number of amides is 2. The minimum Gasteiger partial charge on any atom is -0.496 e. The van der Waals surface area contributed by atoms with Crippen molar-refractivity contribution in [3.8, 4) is 5.75 Å². The van der Waals surface area contributed by atoms with Gasteiger partial charge in [-0.1, -0.05) is 18.2 Å². The zero-order valence-electron chi connectivity index (χ0n) is 8.88. The second kappa shape index (κ2) is 6.23. The van der Waals surface area contributed by atoms with Gasteiger partial charge < -0.3 is 10.5 Å². The lowest BCUT2D eigenvalue weighted by molar-refractivity contribution is 0.249. The molecule has 0 heterocycles. The van der Waals surface area contributed by atoms with Crippen LogP contribution in [0.1, 0.15) is 5.56 Å². The van der Waals surface area contributed by atoms with E-state index in [1.807, 2.05) is 30.3 Å². The minimum absolute atomic E-state index is 0.693. The molecule has 0 atom stereocenters. The van der Waals surface area contributed by atoms with E-state index >= 15 is 0 Å². The van der Waals surface area contributed by atoms with Crippen LogP contribution in [0.25, 0.3) is 6.08 Å². The summed E-state index contributed by atoms with van der Waals surface area (Å²) in [6.07, 6.45) is 4.91. The Hall–Kier alpha value is -2.30. The Kier molecular flexibility index (Phi) is 4.59. The van der Waals surface area contributed by atoms with Crippen molar-refractivity contribution in [3.63, 3.8) is 0 Å². The molecule has 2 amide bonds. The van der Waals surface area contributed by atoms with Crippen LogP contribution < -0.4 is 15.9 Å². The highest BCUT2D eigenvalue weighted by Crippen LogP contribution is 2.18. The van der Waals surface area contributed by atoms with Gasteiger partial charge in [0.1, 0.15) is 5.75 Å². The van der Waals surface area contributed by atoms with Crippen LogP contribution in [0, 0.1) is 0 Å². The maximum Gasteiger partial charge on any atom is 0.332 e. The van der Waals surface area contributed by atoms with E-state index < -0.39 is 6.03 Å². The number of hydrazone groups is 1. The quantitative estimate of drug-likeness (QED) is 0.592. The van der Waals surface area contributed by atoms with Crippen LogP contribution >= 0.6 is 0 Å². The first kappa shape index (κ1) is 11.8. The van der Waals surface area contributed by atoms with Crippen LogP contribution in [-0.2, 0) is 0 Å². The Morgan fingerprint density at radius 3 is 2.94 bits per heavy atom. The molecule has 5 heteroatoms. The number of methoxy groups -OCH3 is 1. The lowest BCUT2D eigenvalue weighted by atomic mass is 10.2. The summed E-state index contributed by atoms with van der Waals surface area (Å²) in [5.74, 6) is 0.773. The zero-order valence-corrected chi connectivity index (χ0v) is 8.88. The number of hydrogen-bond donors (Lipinski definition) is 2. The third-order valence-electron chi connectivity index (χ3n) is 1.75. The zero-order chi connectivity index (χ0) is 11.8. The number of para-hydroxylation sites is 1. The molecule has 1 rings (SSSR count). The first-order valence-corrected chi connectivity index (χ1v) is 4.62. The summed E-state index contributed by atoms with van der Waals surface area (Å²) in [5.41, 5.74) is 7.84. The average Bonchev–Trinajstić information content (AvgIpc) is 2.29. The van der Waals surface area contributed by atoms with Gasteiger partial charge in [0.2, 0.25) is 0 Å². The Balaban J connectivity index is 2.62. The van der Waals surface area contributed by atoms with Gasteiger partial charge in [-0.15, -0.1) is 0 Å². The van der Waals surface area contributed by atoms with Gasteiger partial charge in [-0.25, -0.2) is 10.2 Å². The molecule has 0 saturated heterocycles. The predicted octanol–water partition coefficient (Wildman–Crippen LogP) is 1.36. The summed E-state index contributed by atoms with van der Waals surface area (Å²) >= 11 is 0. The number of rotatable bonds is 4. The number of nitrogens with one attached hydrogen (secondary N) is 1. The molecule has 0 spiro atoms. The highest BCUT2D eigenvalue weighted by molar-refractivity contribution is 5.80. The van der Waals surface area contributed by atoms with Gasteiger partial charge in [0, 0.05) is 11.8 Å². The van der Waals surface area contributed by atoms with Gasteiger partial charge in [0.05, 0.1) is 7.11 Å². The largest absolute Gasteiger partial charge is 0.496 e. The fraction of sp³-hybridized carbons (Fsp3) is 0.0909. The molecule has 0 aromatic heterocycles. The number of primary amides is 1. The van der Waals surface area contributed by atoms with E-state index in [4.69, 9.17) is 10.5 Å². The second-order valence-electron chi connectivity index (χ2n) is 2.86. The van der Waals surface area contributed by atoms with Gasteiger partial charge >= 0.3 is 6.03 Å². The second-order valence-corrected chi connectivity index (χ2v) is 2.86. The van der Waals surface area contributed by atoms with Crippen LogP contribution in [0.5, 0.6) is 5.75 Å². The first-order valence-electron chi connectivity index (χ1n) is 4.62. The lowest BCUT2D eigenvalue weighted by Gasteiger charge is -2.02. The van der Waals surface area contributed by atoms with Crippen LogP contribution in [0.15, 0.2) is 35.4 Å². The van der Waals surface area contributed by atoms with E-state index in [9.17, 15) is 4.79 Å². The van der Waals surface area contributed by atoms with Crippen molar-refractivity contribution in [2.24, 2.45) is 10.8 Å². The number of allylic oxidation sites excluding steroid dienone is 1. The number of nitrogens with zero attached hydrogens (tertiary/aromatic N) is 1. The average molecular weight is 219 g/mol. The molecule has 0 radical (unpaired) electrons. The highest BCUT2D eigenvalue weighted by Gasteiger charge is 1.94. The molecule has 1 aromatic carbocycles. The van der Waals surface area contributed by atoms with E-state index in [2.05, 4.69) is 10.5 Å². The van der Waals surface area contributed by atoms with Crippen molar-refractivity contribution >= 4 is 18.3 Å². The maximum absolute atomic E-state index is 10.3. The molecule has 0 saturated carbocycles. The number of urea groups is 1. The SMILES string of the molecule is COc1ccccc1/C=C/C=N\NC(N)=O. The van der Waals surface area contributed by atoms with Gasteiger partial charge in [-0.2, -0.15) is 5.10 Å². The van der Waals surface area contributed by atoms with Crippen LogP contribution in [0.3, 0.4) is 0 Å². The summed E-state index contributed by atoms with van der Waals surface area (Å²) in [6, 6.07) is 6.87. The van der Waals surface area contributed by atoms with Gasteiger partial charge in [0.25, 0.3) is 0 Å². The van der Waals surface area contributed by atoms with Gasteiger partial charge in [-0.05, 0) is 18.2 Å². The first-order chi connectivity index (χ1) is 7.74. The third-order valence-corrected chi connectivity index (χ3v) is 1.75. The van der Waals surface area contributed by atoms with Crippen molar-refractivity contribution in [2.45, 2.75) is 0 Å². The van der Waals surface area contributed by atoms with Gasteiger partial charge in [-0.3, -0.25) is 0 Å². The molecule has 5 nitrogen and oxygen atoms in total. The minimum atomic E-state index is -0.693. The molecular formula is C11H13N3O2. The molecule has 0 aliphatic rings. The summed E-state index contributed by atoms with van der Waals surface area (Å²) in [4.78, 5) is 10.3. The monoisotopic (exact) mass is 219 g/mol. The Morgan fingerprint density at radius 2 is 2.25 bits per heavy atom. The molecule has 0 bridgehead atoms. The Bertz CT molecular complexity index is 413. The van der Waals surface area contributed by atoms with Crippen LogP contribution in [-0.4, -0.2) is 19.4 Å². The topological polar surface area (TPSA) is 76.7 Å². The molecule has 3 N–H and O–H groups in total. The molecule has 16 heavy (non-hydrogen) atoms. The number of carbonyl (C=O) groups excluding carboxylic acids is 1. The fourth-order valence-corrected chi connectivity index (χ4v) is 1.09. The van der Waals surface area contributed by atoms with Crippen molar-refractivity contribution in [3.05, 3.63) is 35.9 Å². The van der Waals surface area contributed by atoms with E-state index in [1.165, 1.54) is 6.21 Å². The summed E-state index contributed by atoms with van der Waals surface area (Å²) in [5, 5.41) is 3.56. The number of carbonyl (C=O) groups is 1. The number of ether oxygens (including phenoxy) is 1. The smallest absolute Gasteiger partial charge is 0.332 e. The highest BCUT2D eigenvalue weighted by atomic mass is 16.5. The standard InChI is InChI=1S/C11H13N3O2/c1-16-10-7-3-2-5-9(10)6-4-8-13-14-11(12)15/h2-8H,1H3,(H3,12,14,15)/b6-4+,13-8-. The summed E-state index contributed by atoms with van der Waals surface area (Å²) in [6.45, 7) is 0. The van der Waals surface area contributed by atoms with Crippen molar-refractivity contribution in [1.29, 1.82) is 0 Å². The maximum atomic E-state index is 10.3. The molecule has 0 aliphatic heterocycles. The number of hydrogen-bond acceptors (Lipinski definition) is 3. The number of nitrogens with two attached hydrogens (primary N) is 1. The normalized spacial score (nSPS) is 10.8. The fourth-order valence-electron chi connectivity index (χ4n) is 1.09. The molecule has 0 aliphatic carbocycles. The van der Waals surface area contributed by atoms with Crippen LogP contribution in [0.2, 0.25) is 0 Å². The van der Waals surface area contributed by atoms with E-state index in [0.29, 0.717) is 0 Å².